The number of rotatable bonds is 6. The fourth-order valence-electron chi connectivity index (χ4n) is 4.26. The van der Waals surface area contributed by atoms with Crippen LogP contribution in [0.2, 0.25) is 0 Å². The minimum Gasteiger partial charge on any atom is -0.390 e. The second kappa shape index (κ2) is 9.03. The third kappa shape index (κ3) is 4.59. The third-order valence-electron chi connectivity index (χ3n) is 5.95. The number of imide groups is 1. The molecule has 2 aliphatic rings. The molecule has 34 heavy (non-hydrogen) atoms. The summed E-state index contributed by atoms with van der Waals surface area (Å²) >= 11 is 0. The Morgan fingerprint density at radius 1 is 0.971 bits per heavy atom. The molecular weight excluding hydrogens is 457 g/mol. The van der Waals surface area contributed by atoms with Crippen LogP contribution < -0.4 is 4.90 Å². The number of hydrogen-bond acceptors (Lipinski definition) is 7. The number of halogens is 3. The molecule has 2 amide bonds. The third-order valence-corrected chi connectivity index (χ3v) is 5.95. The van der Waals surface area contributed by atoms with Crippen LogP contribution in [-0.4, -0.2) is 77.0 Å². The van der Waals surface area contributed by atoms with Gasteiger partial charge >= 0.3 is 6.18 Å². The number of nitro groups is 1. The smallest absolute Gasteiger partial charge is 0.390 e. The minimum atomic E-state index is -4.68. The Morgan fingerprint density at radius 3 is 2.09 bits per heavy atom. The van der Waals surface area contributed by atoms with Crippen LogP contribution in [0.3, 0.4) is 0 Å². The van der Waals surface area contributed by atoms with Crippen molar-refractivity contribution in [3.63, 3.8) is 0 Å². The number of hydrogen-bond donors (Lipinski definition) is 1. The predicted octanol–water partition coefficient (Wildman–Crippen LogP) is 2.39. The summed E-state index contributed by atoms with van der Waals surface area (Å²) in [6, 6.07) is 8.89. The molecule has 0 unspecified atom stereocenters. The van der Waals surface area contributed by atoms with E-state index in [9.17, 15) is 38.0 Å². The van der Waals surface area contributed by atoms with Gasteiger partial charge in [-0.05, 0) is 24.3 Å². The van der Waals surface area contributed by atoms with Gasteiger partial charge in [0.05, 0.1) is 34.3 Å². The molecule has 0 aromatic heterocycles. The van der Waals surface area contributed by atoms with E-state index in [0.29, 0.717) is 43.4 Å². The average Bonchev–Trinajstić information content (AvgIpc) is 3.03. The first-order valence-corrected chi connectivity index (χ1v) is 10.5. The molecule has 0 bridgehead atoms. The Morgan fingerprint density at radius 2 is 1.56 bits per heavy atom. The minimum absolute atomic E-state index is 0.101. The quantitative estimate of drug-likeness (QED) is 0.386. The Kier molecular flexibility index (Phi) is 6.28. The Balaban J connectivity index is 1.35. The summed E-state index contributed by atoms with van der Waals surface area (Å²) in [4.78, 5) is 40.0. The van der Waals surface area contributed by atoms with Crippen molar-refractivity contribution in [2.45, 2.75) is 12.3 Å². The van der Waals surface area contributed by atoms with E-state index >= 15 is 0 Å². The summed E-state index contributed by atoms with van der Waals surface area (Å²) in [6.45, 7) is 1.36. The fraction of sp³-hybridized carbons (Fsp3) is 0.364. The van der Waals surface area contributed by atoms with Gasteiger partial charge < -0.3 is 10.0 Å². The van der Waals surface area contributed by atoms with E-state index in [1.165, 1.54) is 0 Å². The fourth-order valence-corrected chi connectivity index (χ4v) is 4.26. The van der Waals surface area contributed by atoms with Crippen LogP contribution in [-0.2, 0) is 6.18 Å². The molecule has 2 aliphatic heterocycles. The largest absolute Gasteiger partial charge is 0.416 e. The lowest BCUT2D eigenvalue weighted by atomic mass is 10.1. The summed E-state index contributed by atoms with van der Waals surface area (Å²) in [7, 11) is 0. The van der Waals surface area contributed by atoms with Crippen molar-refractivity contribution in [2.24, 2.45) is 0 Å². The van der Waals surface area contributed by atoms with Crippen LogP contribution in [0.1, 0.15) is 26.3 Å². The molecule has 0 aliphatic carbocycles. The van der Waals surface area contributed by atoms with E-state index in [4.69, 9.17) is 0 Å². The van der Waals surface area contributed by atoms with Gasteiger partial charge in [-0.3, -0.25) is 29.5 Å². The SMILES string of the molecule is O=C1c2ccccc2C(=O)N1C[C@@H](O)CN1CCN(c2ccc(C(F)(F)F)cc2[N+](=O)[O-])CC1. The van der Waals surface area contributed by atoms with Crippen molar-refractivity contribution in [3.05, 3.63) is 69.3 Å². The topological polar surface area (TPSA) is 107 Å². The summed E-state index contributed by atoms with van der Waals surface area (Å²) in [6.07, 6.45) is -5.69. The van der Waals surface area contributed by atoms with E-state index in [1.807, 2.05) is 4.90 Å². The standard InChI is InChI=1S/C22H21F3N4O5/c23-22(24,25)14-5-6-18(19(11-14)29(33)34)27-9-7-26(8-10-27)12-15(30)13-28-20(31)16-3-1-2-4-17(16)21(28)32/h1-6,11,15,30H,7-10,12-13H2/t15-/m0/s1. The molecule has 2 aromatic carbocycles. The molecule has 180 valence electrons. The van der Waals surface area contributed by atoms with E-state index in [-0.39, 0.29) is 18.8 Å². The van der Waals surface area contributed by atoms with E-state index in [0.717, 1.165) is 17.0 Å². The highest BCUT2D eigenvalue weighted by Gasteiger charge is 2.37. The van der Waals surface area contributed by atoms with Crippen molar-refractivity contribution in [3.8, 4) is 0 Å². The maximum absolute atomic E-state index is 12.9. The summed E-state index contributed by atoms with van der Waals surface area (Å²) in [5, 5.41) is 21.8. The van der Waals surface area contributed by atoms with Crippen LogP contribution >= 0.6 is 0 Å². The van der Waals surface area contributed by atoms with Crippen molar-refractivity contribution in [1.82, 2.24) is 9.80 Å². The predicted molar refractivity (Wildman–Crippen MR) is 115 cm³/mol. The van der Waals surface area contributed by atoms with Gasteiger partial charge in [0.2, 0.25) is 0 Å². The number of aliphatic hydroxyl groups excluding tert-OH is 1. The van der Waals surface area contributed by atoms with Crippen molar-refractivity contribution < 1.29 is 32.8 Å². The first kappa shape index (κ1) is 23.6. The zero-order chi connectivity index (χ0) is 24.6. The number of β-amino-alcohol motifs (C(OH)–C–C–N with tert-alkyl or cyclic N) is 1. The maximum atomic E-state index is 12.9. The number of aliphatic hydroxyl groups is 1. The van der Waals surface area contributed by atoms with Gasteiger partial charge in [-0.25, -0.2) is 0 Å². The summed E-state index contributed by atoms with van der Waals surface area (Å²) < 4.78 is 38.8. The van der Waals surface area contributed by atoms with Crippen LogP contribution in [0.4, 0.5) is 24.5 Å². The molecule has 12 heteroatoms. The number of alkyl halides is 3. The molecular formula is C22H21F3N4O5. The lowest BCUT2D eigenvalue weighted by molar-refractivity contribution is -0.384. The molecule has 2 heterocycles. The second-order valence-electron chi connectivity index (χ2n) is 8.17. The number of nitrogens with zero attached hydrogens (tertiary/aromatic N) is 4. The van der Waals surface area contributed by atoms with Gasteiger partial charge in [0, 0.05) is 38.8 Å². The first-order chi connectivity index (χ1) is 16.1. The molecule has 0 saturated carbocycles. The Hall–Kier alpha value is -3.51. The molecule has 1 saturated heterocycles. The van der Waals surface area contributed by atoms with Gasteiger partial charge in [-0.1, -0.05) is 12.1 Å². The van der Waals surface area contributed by atoms with Crippen LogP contribution in [0, 0.1) is 10.1 Å². The van der Waals surface area contributed by atoms with Gasteiger partial charge in [0.15, 0.2) is 0 Å². The molecule has 4 rings (SSSR count). The zero-order valence-electron chi connectivity index (χ0n) is 17.9. The van der Waals surface area contributed by atoms with Gasteiger partial charge in [0.25, 0.3) is 17.5 Å². The number of carbonyl (C=O) groups is 2. The number of benzene rings is 2. The molecule has 1 atom stereocenters. The molecule has 1 N–H and O–H groups in total. The van der Waals surface area contributed by atoms with Crippen molar-refractivity contribution in [2.75, 3.05) is 44.2 Å². The van der Waals surface area contributed by atoms with Crippen LogP contribution in [0.15, 0.2) is 42.5 Å². The lowest BCUT2D eigenvalue weighted by Crippen LogP contribution is -2.50. The number of fused-ring (bicyclic) bond motifs is 1. The van der Waals surface area contributed by atoms with Gasteiger partial charge in [-0.15, -0.1) is 0 Å². The van der Waals surface area contributed by atoms with E-state index < -0.39 is 40.3 Å². The summed E-state index contributed by atoms with van der Waals surface area (Å²) in [5.74, 6) is -0.918. The molecule has 2 aromatic rings. The number of piperazine rings is 1. The lowest BCUT2D eigenvalue weighted by Gasteiger charge is -2.37. The second-order valence-corrected chi connectivity index (χ2v) is 8.17. The average molecular weight is 478 g/mol. The van der Waals surface area contributed by atoms with Crippen molar-refractivity contribution in [1.29, 1.82) is 0 Å². The number of nitro benzene ring substituents is 1. The first-order valence-electron chi connectivity index (χ1n) is 10.5. The monoisotopic (exact) mass is 478 g/mol. The molecule has 0 radical (unpaired) electrons. The Bertz CT molecular complexity index is 1100. The number of carbonyl (C=O) groups excluding carboxylic acids is 2. The van der Waals surface area contributed by atoms with E-state index in [1.54, 1.807) is 29.2 Å². The molecule has 9 nitrogen and oxygen atoms in total. The van der Waals surface area contributed by atoms with Crippen molar-refractivity contribution >= 4 is 23.2 Å². The highest BCUT2D eigenvalue weighted by atomic mass is 19.4. The maximum Gasteiger partial charge on any atom is 0.416 e. The van der Waals surface area contributed by atoms with Gasteiger partial charge in [-0.2, -0.15) is 13.2 Å². The van der Waals surface area contributed by atoms with E-state index in [2.05, 4.69) is 0 Å². The normalized spacial score (nSPS) is 17.8. The van der Waals surface area contributed by atoms with Crippen LogP contribution in [0.5, 0.6) is 0 Å². The molecule has 0 spiro atoms. The number of amides is 2. The highest BCUT2D eigenvalue weighted by molar-refractivity contribution is 6.21. The zero-order valence-corrected chi connectivity index (χ0v) is 17.9. The highest BCUT2D eigenvalue weighted by Crippen LogP contribution is 2.36. The van der Waals surface area contributed by atoms with Crippen LogP contribution in [0.25, 0.3) is 0 Å². The molecule has 1 fully saturated rings. The summed E-state index contributed by atoms with van der Waals surface area (Å²) in [5.41, 5.74) is -1.01. The Labute approximate surface area is 192 Å². The van der Waals surface area contributed by atoms with Gasteiger partial charge in [0.1, 0.15) is 5.69 Å². The number of anilines is 1.